The Bertz CT molecular complexity index is 207. The summed E-state index contributed by atoms with van der Waals surface area (Å²) in [4.78, 5) is 2.48. The van der Waals surface area contributed by atoms with Crippen LogP contribution >= 0.6 is 0 Å². The molecule has 0 aliphatic heterocycles. The molecule has 16 heavy (non-hydrogen) atoms. The van der Waals surface area contributed by atoms with Gasteiger partial charge in [-0.3, -0.25) is 5.41 Å². The summed E-state index contributed by atoms with van der Waals surface area (Å²) in [5, 5.41) is 7.30. The molecule has 3 N–H and O–H groups in total. The molecule has 0 saturated heterocycles. The van der Waals surface area contributed by atoms with Crippen LogP contribution in [0.1, 0.15) is 52.4 Å². The number of amidine groups is 1. The van der Waals surface area contributed by atoms with Crippen LogP contribution in [0.15, 0.2) is 0 Å². The molecule has 0 aromatic rings. The molecule has 1 aliphatic carbocycles. The first-order valence-electron chi connectivity index (χ1n) is 6.66. The van der Waals surface area contributed by atoms with Crippen molar-refractivity contribution < 1.29 is 0 Å². The number of nitrogens with zero attached hydrogens (tertiary/aromatic N) is 1. The topological polar surface area (TPSA) is 53.1 Å². The normalized spacial score (nSPS) is 18.2. The van der Waals surface area contributed by atoms with Crippen molar-refractivity contribution in [3.63, 3.8) is 0 Å². The van der Waals surface area contributed by atoms with Gasteiger partial charge >= 0.3 is 0 Å². The number of hydrogen-bond donors (Lipinski definition) is 2. The monoisotopic (exact) mass is 225 g/mol. The molecule has 0 bridgehead atoms. The van der Waals surface area contributed by atoms with E-state index in [2.05, 4.69) is 18.7 Å². The van der Waals surface area contributed by atoms with Gasteiger partial charge in [-0.1, -0.05) is 19.3 Å². The second-order valence-electron chi connectivity index (χ2n) is 5.37. The quantitative estimate of drug-likeness (QED) is 0.539. The lowest BCUT2D eigenvalue weighted by atomic mass is 9.88. The zero-order valence-corrected chi connectivity index (χ0v) is 10.8. The summed E-state index contributed by atoms with van der Waals surface area (Å²) in [5.74, 6) is 1.19. The summed E-state index contributed by atoms with van der Waals surface area (Å²) < 4.78 is 0. The molecular weight excluding hydrogens is 198 g/mol. The van der Waals surface area contributed by atoms with Gasteiger partial charge in [0.05, 0.1) is 5.84 Å². The summed E-state index contributed by atoms with van der Waals surface area (Å²) in [5.41, 5.74) is 5.43. The lowest BCUT2D eigenvalue weighted by Crippen LogP contribution is -2.38. The Morgan fingerprint density at radius 1 is 1.31 bits per heavy atom. The van der Waals surface area contributed by atoms with Crippen LogP contribution in [0, 0.1) is 11.3 Å². The summed E-state index contributed by atoms with van der Waals surface area (Å²) >= 11 is 0. The number of rotatable bonds is 6. The molecule has 0 radical (unpaired) electrons. The van der Waals surface area contributed by atoms with Crippen molar-refractivity contribution in [2.24, 2.45) is 11.7 Å². The molecule has 1 fully saturated rings. The molecule has 3 heteroatoms. The van der Waals surface area contributed by atoms with Crippen molar-refractivity contribution in [2.75, 3.05) is 13.1 Å². The third-order valence-electron chi connectivity index (χ3n) is 3.62. The van der Waals surface area contributed by atoms with E-state index in [1.54, 1.807) is 0 Å². The first-order chi connectivity index (χ1) is 7.59. The minimum absolute atomic E-state index is 0.314. The van der Waals surface area contributed by atoms with Gasteiger partial charge in [0.2, 0.25) is 0 Å². The van der Waals surface area contributed by atoms with Gasteiger partial charge < -0.3 is 10.6 Å². The number of nitrogens with two attached hydrogens (primary N) is 1. The standard InChI is InChI=1S/C13H27N3/c1-11(2)16(9-8-13(14)15)10-12-6-4-3-5-7-12/h11-12H,3-10H2,1-2H3,(H3,14,15). The fourth-order valence-electron chi connectivity index (χ4n) is 2.53. The molecule has 94 valence electrons. The summed E-state index contributed by atoms with van der Waals surface area (Å²) in [6.07, 6.45) is 7.73. The van der Waals surface area contributed by atoms with Gasteiger partial charge in [0.25, 0.3) is 0 Å². The molecule has 1 saturated carbocycles. The summed E-state index contributed by atoms with van der Waals surface area (Å²) in [6, 6.07) is 0.571. The largest absolute Gasteiger partial charge is 0.388 e. The molecule has 0 amide bonds. The SMILES string of the molecule is CC(C)N(CCC(=N)N)CC1CCCCC1. The highest BCUT2D eigenvalue weighted by molar-refractivity contribution is 5.76. The Labute approximate surface area is 99.9 Å². The van der Waals surface area contributed by atoms with Crippen LogP contribution in [0.25, 0.3) is 0 Å². The first kappa shape index (κ1) is 13.5. The number of nitrogens with one attached hydrogen (secondary N) is 1. The second-order valence-corrected chi connectivity index (χ2v) is 5.37. The van der Waals surface area contributed by atoms with E-state index in [9.17, 15) is 0 Å². The molecule has 0 spiro atoms. The maximum absolute atomic E-state index is 7.30. The highest BCUT2D eigenvalue weighted by atomic mass is 15.1. The fourth-order valence-corrected chi connectivity index (χ4v) is 2.53. The number of hydrogen-bond acceptors (Lipinski definition) is 2. The molecule has 0 aromatic carbocycles. The van der Waals surface area contributed by atoms with Gasteiger partial charge in [-0.25, -0.2) is 0 Å². The average molecular weight is 225 g/mol. The van der Waals surface area contributed by atoms with Crippen molar-refractivity contribution in [3.05, 3.63) is 0 Å². The van der Waals surface area contributed by atoms with E-state index in [4.69, 9.17) is 11.1 Å². The fraction of sp³-hybridized carbons (Fsp3) is 0.923. The van der Waals surface area contributed by atoms with Crippen molar-refractivity contribution in [1.29, 1.82) is 5.41 Å². The molecule has 0 atom stereocenters. The summed E-state index contributed by atoms with van der Waals surface area (Å²) in [7, 11) is 0. The predicted molar refractivity (Wildman–Crippen MR) is 69.8 cm³/mol. The van der Waals surface area contributed by atoms with E-state index in [0.717, 1.165) is 12.5 Å². The van der Waals surface area contributed by atoms with Gasteiger partial charge in [-0.2, -0.15) is 0 Å². The molecule has 0 unspecified atom stereocenters. The van der Waals surface area contributed by atoms with Crippen molar-refractivity contribution in [2.45, 2.75) is 58.4 Å². The minimum Gasteiger partial charge on any atom is -0.388 e. The van der Waals surface area contributed by atoms with Crippen LogP contribution in [-0.4, -0.2) is 29.9 Å². The van der Waals surface area contributed by atoms with Crippen LogP contribution in [0.4, 0.5) is 0 Å². The Kier molecular flexibility index (Phi) is 5.81. The second kappa shape index (κ2) is 6.89. The maximum atomic E-state index is 7.30. The maximum Gasteiger partial charge on any atom is 0.0918 e. The molecular formula is C13H27N3. The zero-order valence-electron chi connectivity index (χ0n) is 10.8. The van der Waals surface area contributed by atoms with Crippen LogP contribution in [-0.2, 0) is 0 Å². The lowest BCUT2D eigenvalue weighted by Gasteiger charge is -2.32. The lowest BCUT2D eigenvalue weighted by molar-refractivity contribution is 0.169. The van der Waals surface area contributed by atoms with E-state index >= 15 is 0 Å². The van der Waals surface area contributed by atoms with Crippen molar-refractivity contribution in [1.82, 2.24) is 4.90 Å². The van der Waals surface area contributed by atoms with Gasteiger partial charge in [0.15, 0.2) is 0 Å². The van der Waals surface area contributed by atoms with Gasteiger partial charge in [-0.15, -0.1) is 0 Å². The highest BCUT2D eigenvalue weighted by Crippen LogP contribution is 2.24. The van der Waals surface area contributed by atoms with E-state index in [1.807, 2.05) is 0 Å². The van der Waals surface area contributed by atoms with Crippen molar-refractivity contribution >= 4 is 5.84 Å². The minimum atomic E-state index is 0.314. The Morgan fingerprint density at radius 2 is 1.94 bits per heavy atom. The van der Waals surface area contributed by atoms with Crippen molar-refractivity contribution in [3.8, 4) is 0 Å². The molecule has 0 heterocycles. The third-order valence-corrected chi connectivity index (χ3v) is 3.62. The van der Waals surface area contributed by atoms with E-state index < -0.39 is 0 Å². The van der Waals surface area contributed by atoms with E-state index in [0.29, 0.717) is 18.3 Å². The smallest absolute Gasteiger partial charge is 0.0918 e. The average Bonchev–Trinajstić information content (AvgIpc) is 2.25. The summed E-state index contributed by atoms with van der Waals surface area (Å²) in [6.45, 7) is 6.63. The molecule has 0 aromatic heterocycles. The highest BCUT2D eigenvalue weighted by Gasteiger charge is 2.18. The molecule has 1 aliphatic rings. The zero-order chi connectivity index (χ0) is 12.0. The molecule has 3 nitrogen and oxygen atoms in total. The van der Waals surface area contributed by atoms with Gasteiger partial charge in [-0.05, 0) is 32.6 Å². The van der Waals surface area contributed by atoms with E-state index in [1.165, 1.54) is 38.6 Å². The molecule has 1 rings (SSSR count). The Morgan fingerprint density at radius 3 is 2.44 bits per heavy atom. The Hall–Kier alpha value is -0.570. The first-order valence-corrected chi connectivity index (χ1v) is 6.66. The van der Waals surface area contributed by atoms with Crippen LogP contribution in [0.5, 0.6) is 0 Å². The van der Waals surface area contributed by atoms with Gasteiger partial charge in [0, 0.05) is 25.6 Å². The van der Waals surface area contributed by atoms with Crippen LogP contribution in [0.2, 0.25) is 0 Å². The Balaban J connectivity index is 2.34. The predicted octanol–water partition coefficient (Wildman–Crippen LogP) is 2.60. The van der Waals surface area contributed by atoms with Crippen LogP contribution in [0.3, 0.4) is 0 Å². The van der Waals surface area contributed by atoms with Crippen LogP contribution < -0.4 is 5.73 Å². The van der Waals surface area contributed by atoms with E-state index in [-0.39, 0.29) is 0 Å². The van der Waals surface area contributed by atoms with Gasteiger partial charge in [0.1, 0.15) is 0 Å². The third kappa shape index (κ3) is 4.97.